The van der Waals surface area contributed by atoms with Crippen LogP contribution >= 0.6 is 0 Å². The average Bonchev–Trinajstić information content (AvgIpc) is 2.91. The van der Waals surface area contributed by atoms with Gasteiger partial charge in [0.2, 0.25) is 0 Å². The lowest BCUT2D eigenvalue weighted by Gasteiger charge is -2.05. The largest absolute Gasteiger partial charge is 0.330 e. The zero-order chi connectivity index (χ0) is 15.0. The smallest absolute Gasteiger partial charge is 0.279 e. The quantitative estimate of drug-likeness (QED) is 0.813. The Labute approximate surface area is 121 Å². The highest BCUT2D eigenvalue weighted by Gasteiger charge is 2.22. The van der Waals surface area contributed by atoms with Crippen molar-refractivity contribution in [2.45, 2.75) is 6.92 Å². The molecule has 0 amide bonds. The van der Waals surface area contributed by atoms with Crippen molar-refractivity contribution in [3.8, 4) is 11.1 Å². The first-order valence-electron chi connectivity index (χ1n) is 6.30. The van der Waals surface area contributed by atoms with Crippen molar-refractivity contribution in [1.82, 2.24) is 0 Å². The molecule has 0 saturated carbocycles. The number of benzene rings is 2. The zero-order valence-corrected chi connectivity index (χ0v) is 12.0. The molecule has 1 N–H and O–H groups in total. The maximum atomic E-state index is 11.2. The van der Waals surface area contributed by atoms with E-state index in [-0.39, 0.29) is 0 Å². The van der Waals surface area contributed by atoms with Crippen molar-refractivity contribution in [3.05, 3.63) is 53.0 Å². The molecule has 0 radical (unpaired) electrons. The molecule has 2 aromatic rings. The van der Waals surface area contributed by atoms with Crippen LogP contribution in [-0.2, 0) is 10.1 Å². The maximum Gasteiger partial charge on any atom is 0.330 e. The molecule has 1 aliphatic heterocycles. The van der Waals surface area contributed by atoms with Gasteiger partial charge < -0.3 is 0 Å². The van der Waals surface area contributed by atoms with Gasteiger partial charge in [0.05, 0.1) is 5.36 Å². The van der Waals surface area contributed by atoms with Gasteiger partial charge in [-0.1, -0.05) is 42.5 Å². The van der Waals surface area contributed by atoms with Gasteiger partial charge in [0.15, 0.2) is 0 Å². The molecule has 1 aliphatic rings. The molecule has 2 aromatic carbocycles. The Balaban J connectivity index is 2.37. The Morgan fingerprint density at radius 3 is 2.38 bits per heavy atom. The Bertz CT molecular complexity index is 962. The second-order valence-electron chi connectivity index (χ2n) is 4.53. The second kappa shape index (κ2) is 4.91. The first-order chi connectivity index (χ1) is 10.0. The van der Waals surface area contributed by atoms with E-state index in [0.29, 0.717) is 11.0 Å². The number of rotatable bonds is 1. The van der Waals surface area contributed by atoms with E-state index in [0.717, 1.165) is 16.3 Å². The predicted molar refractivity (Wildman–Crippen MR) is 81.4 cm³/mol. The minimum absolute atomic E-state index is 0.437. The van der Waals surface area contributed by atoms with Crippen LogP contribution in [0, 0.1) is 0 Å². The Morgan fingerprint density at radius 1 is 1.05 bits per heavy atom. The fourth-order valence-corrected chi connectivity index (χ4v) is 2.71. The molecule has 0 aromatic heterocycles. The summed E-state index contributed by atoms with van der Waals surface area (Å²) in [6.07, 6.45) is 1.92. The molecule has 0 atom stereocenters. The highest BCUT2D eigenvalue weighted by Crippen LogP contribution is 2.26. The van der Waals surface area contributed by atoms with E-state index >= 15 is 0 Å². The van der Waals surface area contributed by atoms with Crippen LogP contribution in [-0.4, -0.2) is 18.1 Å². The minimum atomic E-state index is -4.42. The lowest BCUT2D eigenvalue weighted by Crippen LogP contribution is -2.12. The SMILES string of the molecule is CC=c1ccc2c(c1-c1ccccc1)N=C(S(=O)(=O)O)N=2. The van der Waals surface area contributed by atoms with Crippen molar-refractivity contribution in [2.24, 2.45) is 9.98 Å². The van der Waals surface area contributed by atoms with Crippen LogP contribution in [0.3, 0.4) is 0 Å². The van der Waals surface area contributed by atoms with Gasteiger partial charge in [0, 0.05) is 5.56 Å². The molecule has 0 bridgehead atoms. The molecule has 1 heterocycles. The van der Waals surface area contributed by atoms with E-state index in [9.17, 15) is 8.42 Å². The summed E-state index contributed by atoms with van der Waals surface area (Å²) in [6.45, 7) is 1.90. The molecule has 106 valence electrons. The maximum absolute atomic E-state index is 11.2. The van der Waals surface area contributed by atoms with E-state index in [1.165, 1.54) is 0 Å². The molecule has 0 saturated heterocycles. The monoisotopic (exact) mass is 300 g/mol. The van der Waals surface area contributed by atoms with Crippen molar-refractivity contribution in [2.75, 3.05) is 0 Å². The van der Waals surface area contributed by atoms with Crippen LogP contribution in [0.25, 0.3) is 17.2 Å². The highest BCUT2D eigenvalue weighted by atomic mass is 32.2. The molecule has 5 nitrogen and oxygen atoms in total. The van der Waals surface area contributed by atoms with Crippen LogP contribution in [0.4, 0.5) is 5.69 Å². The van der Waals surface area contributed by atoms with Gasteiger partial charge in [-0.15, -0.1) is 0 Å². The van der Waals surface area contributed by atoms with Crippen LogP contribution in [0.5, 0.6) is 0 Å². The fraction of sp³-hybridized carbons (Fsp3) is 0.0667. The fourth-order valence-electron chi connectivity index (χ4n) is 2.29. The van der Waals surface area contributed by atoms with Crippen molar-refractivity contribution >= 4 is 27.0 Å². The third-order valence-corrected chi connectivity index (χ3v) is 3.86. The number of nitrogens with zero attached hydrogens (tertiary/aromatic N) is 2. The van der Waals surface area contributed by atoms with Gasteiger partial charge in [-0.25, -0.2) is 9.98 Å². The Morgan fingerprint density at radius 2 is 1.76 bits per heavy atom. The van der Waals surface area contributed by atoms with Crippen LogP contribution < -0.4 is 10.6 Å². The summed E-state index contributed by atoms with van der Waals surface area (Å²) in [6, 6.07) is 13.1. The van der Waals surface area contributed by atoms with Gasteiger partial charge in [-0.05, 0) is 23.8 Å². The normalized spacial score (nSPS) is 14.6. The molecule has 0 unspecified atom stereocenters. The topological polar surface area (TPSA) is 79.1 Å². The summed E-state index contributed by atoms with van der Waals surface area (Å²) in [5, 5.41) is 0.797. The molecule has 3 rings (SSSR count). The number of fused-ring (bicyclic) bond motifs is 1. The van der Waals surface area contributed by atoms with Crippen molar-refractivity contribution in [1.29, 1.82) is 0 Å². The van der Waals surface area contributed by atoms with E-state index in [4.69, 9.17) is 4.55 Å². The van der Waals surface area contributed by atoms with Crippen LogP contribution in [0.15, 0.2) is 52.4 Å². The third kappa shape index (κ3) is 2.39. The van der Waals surface area contributed by atoms with Crippen LogP contribution in [0.1, 0.15) is 6.92 Å². The number of hydrogen-bond acceptors (Lipinski definition) is 4. The van der Waals surface area contributed by atoms with E-state index in [2.05, 4.69) is 9.98 Å². The first-order valence-corrected chi connectivity index (χ1v) is 7.74. The van der Waals surface area contributed by atoms with Gasteiger partial charge in [-0.3, -0.25) is 4.55 Å². The number of amidine groups is 1. The number of aliphatic imine (C=N–C) groups is 1. The van der Waals surface area contributed by atoms with E-state index < -0.39 is 15.3 Å². The molecular weight excluding hydrogens is 288 g/mol. The molecule has 0 aliphatic carbocycles. The predicted octanol–water partition coefficient (Wildman–Crippen LogP) is 1.66. The lowest BCUT2D eigenvalue weighted by atomic mass is 10.0. The second-order valence-corrected chi connectivity index (χ2v) is 5.85. The third-order valence-electron chi connectivity index (χ3n) is 3.22. The summed E-state index contributed by atoms with van der Waals surface area (Å²) < 4.78 is 31.6. The highest BCUT2D eigenvalue weighted by molar-refractivity contribution is 8.01. The molecule has 6 heteroatoms. The Kier molecular flexibility index (Phi) is 3.19. The molecular formula is C15H12N2O3S. The average molecular weight is 300 g/mol. The summed E-state index contributed by atoms with van der Waals surface area (Å²) in [4.78, 5) is 7.88. The summed E-state index contributed by atoms with van der Waals surface area (Å²) in [5.74, 6) is 0. The van der Waals surface area contributed by atoms with E-state index in [1.807, 2.05) is 49.4 Å². The standard InChI is InChI=1S/C15H12N2O3S/c1-2-10-8-9-12-14(17-15(16-12)21(18,19)20)13(10)11-6-4-3-5-7-11/h2-9H,1H3,(H,18,19,20). The molecule has 21 heavy (non-hydrogen) atoms. The summed E-state index contributed by atoms with van der Waals surface area (Å²) >= 11 is 0. The van der Waals surface area contributed by atoms with E-state index in [1.54, 1.807) is 6.07 Å². The van der Waals surface area contributed by atoms with Gasteiger partial charge >= 0.3 is 10.1 Å². The zero-order valence-electron chi connectivity index (χ0n) is 11.2. The van der Waals surface area contributed by atoms with Gasteiger partial charge in [0.25, 0.3) is 5.17 Å². The summed E-state index contributed by atoms with van der Waals surface area (Å²) in [7, 11) is -4.42. The molecule has 0 fully saturated rings. The first kappa shape index (κ1) is 13.7. The van der Waals surface area contributed by atoms with Gasteiger partial charge in [-0.2, -0.15) is 8.42 Å². The van der Waals surface area contributed by atoms with Crippen LogP contribution in [0.2, 0.25) is 0 Å². The molecule has 0 spiro atoms. The lowest BCUT2D eigenvalue weighted by molar-refractivity contribution is 0.498. The number of hydrogen-bond donors (Lipinski definition) is 1. The van der Waals surface area contributed by atoms with Gasteiger partial charge in [0.1, 0.15) is 5.69 Å². The minimum Gasteiger partial charge on any atom is -0.279 e. The summed E-state index contributed by atoms with van der Waals surface area (Å²) in [5.41, 5.74) is 2.18. The van der Waals surface area contributed by atoms with Crippen molar-refractivity contribution in [3.63, 3.8) is 0 Å². The Hall–Kier alpha value is -2.31. The van der Waals surface area contributed by atoms with Crippen molar-refractivity contribution < 1.29 is 13.0 Å².